The number of phenols is 1. The van der Waals surface area contributed by atoms with Gasteiger partial charge in [0.2, 0.25) is 0 Å². The number of hydrogen-bond acceptors (Lipinski definition) is 3. The lowest BCUT2D eigenvalue weighted by atomic mass is 10.2. The Hall–Kier alpha value is -1.71. The van der Waals surface area contributed by atoms with Gasteiger partial charge in [-0.1, -0.05) is 29.8 Å². The van der Waals surface area contributed by atoms with Gasteiger partial charge in [-0.15, -0.1) is 0 Å². The summed E-state index contributed by atoms with van der Waals surface area (Å²) in [7, 11) is 0. The Morgan fingerprint density at radius 1 is 1.06 bits per heavy atom. The van der Waals surface area contributed by atoms with Crippen molar-refractivity contribution in [2.45, 2.75) is 13.2 Å². The SMILES string of the molecule is OCc1c(Cl)cccc1OCc1ccc(O)cc1. The van der Waals surface area contributed by atoms with E-state index in [0.29, 0.717) is 22.9 Å². The zero-order valence-electron chi connectivity index (χ0n) is 9.64. The predicted octanol–water partition coefficient (Wildman–Crippen LogP) is 3.12. The van der Waals surface area contributed by atoms with Gasteiger partial charge in [0, 0.05) is 10.6 Å². The second-order valence-corrected chi connectivity index (χ2v) is 4.24. The molecule has 0 heterocycles. The normalized spacial score (nSPS) is 10.3. The standard InChI is InChI=1S/C14H13ClO3/c15-13-2-1-3-14(12(13)8-16)18-9-10-4-6-11(17)7-5-10/h1-7,16-17H,8-9H2. The van der Waals surface area contributed by atoms with Gasteiger partial charge in [-0.25, -0.2) is 0 Å². The first-order valence-corrected chi connectivity index (χ1v) is 5.87. The summed E-state index contributed by atoms with van der Waals surface area (Å²) in [6.07, 6.45) is 0. The van der Waals surface area contributed by atoms with Crippen LogP contribution in [0.4, 0.5) is 0 Å². The first-order valence-electron chi connectivity index (χ1n) is 5.49. The van der Waals surface area contributed by atoms with Gasteiger partial charge in [-0.05, 0) is 29.8 Å². The van der Waals surface area contributed by atoms with Crippen LogP contribution >= 0.6 is 11.6 Å². The molecule has 0 aliphatic heterocycles. The molecule has 0 spiro atoms. The van der Waals surface area contributed by atoms with E-state index in [1.807, 2.05) is 0 Å². The Kier molecular flexibility index (Phi) is 4.07. The van der Waals surface area contributed by atoms with Crippen molar-refractivity contribution in [3.8, 4) is 11.5 Å². The minimum Gasteiger partial charge on any atom is -0.508 e. The zero-order valence-corrected chi connectivity index (χ0v) is 10.4. The van der Waals surface area contributed by atoms with Crippen molar-refractivity contribution in [2.24, 2.45) is 0 Å². The van der Waals surface area contributed by atoms with Crippen molar-refractivity contribution >= 4 is 11.6 Å². The van der Waals surface area contributed by atoms with Gasteiger partial charge in [0.15, 0.2) is 0 Å². The summed E-state index contributed by atoms with van der Waals surface area (Å²) < 4.78 is 5.61. The Bertz CT molecular complexity index is 523. The molecule has 2 aromatic carbocycles. The van der Waals surface area contributed by atoms with Gasteiger partial charge >= 0.3 is 0 Å². The van der Waals surface area contributed by atoms with Gasteiger partial charge in [0.25, 0.3) is 0 Å². The van der Waals surface area contributed by atoms with Crippen LogP contribution in [0.1, 0.15) is 11.1 Å². The zero-order chi connectivity index (χ0) is 13.0. The molecule has 0 aliphatic carbocycles. The molecule has 0 amide bonds. The van der Waals surface area contributed by atoms with Gasteiger partial charge < -0.3 is 14.9 Å². The fraction of sp³-hybridized carbons (Fsp3) is 0.143. The summed E-state index contributed by atoms with van der Waals surface area (Å²) in [6, 6.07) is 12.0. The Labute approximate surface area is 110 Å². The Morgan fingerprint density at radius 2 is 1.78 bits per heavy atom. The predicted molar refractivity (Wildman–Crippen MR) is 69.8 cm³/mol. The van der Waals surface area contributed by atoms with Crippen LogP contribution in [0.15, 0.2) is 42.5 Å². The number of aliphatic hydroxyl groups is 1. The summed E-state index contributed by atoms with van der Waals surface area (Å²) >= 11 is 5.96. The number of ether oxygens (including phenoxy) is 1. The van der Waals surface area contributed by atoms with Crippen molar-refractivity contribution in [3.05, 3.63) is 58.6 Å². The number of phenolic OH excluding ortho intramolecular Hbond substituents is 1. The molecule has 2 aromatic rings. The highest BCUT2D eigenvalue weighted by Gasteiger charge is 2.07. The number of hydrogen-bond donors (Lipinski definition) is 2. The highest BCUT2D eigenvalue weighted by Crippen LogP contribution is 2.27. The van der Waals surface area contributed by atoms with E-state index in [1.165, 1.54) is 0 Å². The molecule has 0 bridgehead atoms. The average molecular weight is 265 g/mol. The number of rotatable bonds is 4. The van der Waals surface area contributed by atoms with Crippen LogP contribution in [-0.2, 0) is 13.2 Å². The molecule has 18 heavy (non-hydrogen) atoms. The topological polar surface area (TPSA) is 49.7 Å². The molecule has 0 aromatic heterocycles. The molecule has 2 rings (SSSR count). The van der Waals surface area contributed by atoms with E-state index >= 15 is 0 Å². The van der Waals surface area contributed by atoms with E-state index in [2.05, 4.69) is 0 Å². The van der Waals surface area contributed by atoms with Crippen molar-refractivity contribution in [3.63, 3.8) is 0 Å². The summed E-state index contributed by atoms with van der Waals surface area (Å²) in [6.45, 7) is 0.193. The maximum atomic E-state index is 9.24. The van der Waals surface area contributed by atoms with Crippen molar-refractivity contribution in [1.82, 2.24) is 0 Å². The third-order valence-corrected chi connectivity index (χ3v) is 2.92. The largest absolute Gasteiger partial charge is 0.508 e. The molecule has 4 heteroatoms. The van der Waals surface area contributed by atoms with Gasteiger partial charge in [0.05, 0.1) is 6.61 Å². The lowest BCUT2D eigenvalue weighted by molar-refractivity contribution is 0.259. The minimum absolute atomic E-state index is 0.162. The van der Waals surface area contributed by atoms with Crippen LogP contribution in [0.25, 0.3) is 0 Å². The second kappa shape index (κ2) is 5.76. The fourth-order valence-electron chi connectivity index (χ4n) is 1.58. The Morgan fingerprint density at radius 3 is 2.44 bits per heavy atom. The first-order chi connectivity index (χ1) is 8.70. The molecule has 0 fully saturated rings. The molecule has 0 aliphatic rings. The van der Waals surface area contributed by atoms with E-state index < -0.39 is 0 Å². The lowest BCUT2D eigenvalue weighted by Crippen LogP contribution is -1.99. The maximum absolute atomic E-state index is 9.24. The molecule has 0 radical (unpaired) electrons. The average Bonchev–Trinajstić information content (AvgIpc) is 2.38. The van der Waals surface area contributed by atoms with Gasteiger partial charge in [-0.3, -0.25) is 0 Å². The lowest BCUT2D eigenvalue weighted by Gasteiger charge is -2.11. The molecule has 0 unspecified atom stereocenters. The summed E-state index contributed by atoms with van der Waals surface area (Å²) in [5, 5.41) is 18.9. The first kappa shape index (κ1) is 12.7. The summed E-state index contributed by atoms with van der Waals surface area (Å²) in [4.78, 5) is 0. The molecule has 94 valence electrons. The van der Waals surface area contributed by atoms with Crippen LogP contribution in [0.3, 0.4) is 0 Å². The molecule has 2 N–H and O–H groups in total. The van der Waals surface area contributed by atoms with Crippen LogP contribution < -0.4 is 4.74 Å². The Balaban J connectivity index is 2.10. The number of halogens is 1. The van der Waals surface area contributed by atoms with Gasteiger partial charge in [0.1, 0.15) is 18.1 Å². The molecule has 0 saturated heterocycles. The minimum atomic E-state index is -0.162. The monoisotopic (exact) mass is 264 g/mol. The van der Waals surface area contributed by atoms with Crippen LogP contribution in [-0.4, -0.2) is 10.2 Å². The molecule has 0 saturated carbocycles. The fourth-order valence-corrected chi connectivity index (χ4v) is 1.81. The van der Waals surface area contributed by atoms with E-state index in [4.69, 9.17) is 21.4 Å². The van der Waals surface area contributed by atoms with Crippen molar-refractivity contribution in [2.75, 3.05) is 0 Å². The molecular weight excluding hydrogens is 252 g/mol. The van der Waals surface area contributed by atoms with Crippen LogP contribution in [0, 0.1) is 0 Å². The van der Waals surface area contributed by atoms with Crippen LogP contribution in [0.5, 0.6) is 11.5 Å². The summed E-state index contributed by atoms with van der Waals surface area (Å²) in [5.74, 6) is 0.788. The van der Waals surface area contributed by atoms with E-state index in [1.54, 1.807) is 42.5 Å². The maximum Gasteiger partial charge on any atom is 0.126 e. The van der Waals surface area contributed by atoms with Crippen molar-refractivity contribution in [1.29, 1.82) is 0 Å². The highest BCUT2D eigenvalue weighted by atomic mass is 35.5. The van der Waals surface area contributed by atoms with E-state index in [9.17, 15) is 5.11 Å². The second-order valence-electron chi connectivity index (χ2n) is 3.83. The third kappa shape index (κ3) is 2.94. The number of benzene rings is 2. The van der Waals surface area contributed by atoms with Crippen LogP contribution in [0.2, 0.25) is 5.02 Å². The smallest absolute Gasteiger partial charge is 0.126 e. The molecule has 0 atom stereocenters. The van der Waals surface area contributed by atoms with Crippen molar-refractivity contribution < 1.29 is 14.9 Å². The third-order valence-electron chi connectivity index (χ3n) is 2.56. The quantitative estimate of drug-likeness (QED) is 0.892. The molecule has 3 nitrogen and oxygen atoms in total. The summed E-state index contributed by atoms with van der Waals surface area (Å²) in [5.41, 5.74) is 1.51. The van der Waals surface area contributed by atoms with Gasteiger partial charge in [-0.2, -0.15) is 0 Å². The highest BCUT2D eigenvalue weighted by molar-refractivity contribution is 6.31. The molecular formula is C14H13ClO3. The number of aromatic hydroxyl groups is 1. The number of aliphatic hydroxyl groups excluding tert-OH is 1. The van der Waals surface area contributed by atoms with E-state index in [0.717, 1.165) is 5.56 Å². The van der Waals surface area contributed by atoms with E-state index in [-0.39, 0.29) is 12.4 Å².